The van der Waals surface area contributed by atoms with Crippen LogP contribution in [-0.4, -0.2) is 19.3 Å². The molecule has 2 aromatic rings. The van der Waals surface area contributed by atoms with Gasteiger partial charge in [-0.05, 0) is 62.6 Å². The highest BCUT2D eigenvalue weighted by molar-refractivity contribution is 7.92. The number of hydrogen-bond acceptors (Lipinski definition) is 4. The number of amides is 1. The number of carbonyl (C=O) groups excluding carboxylic acids is 1. The molecule has 1 aliphatic heterocycles. The number of pyridine rings is 1. The lowest BCUT2D eigenvalue weighted by Crippen LogP contribution is -2.27. The second kappa shape index (κ2) is 5.31. The molecule has 0 fully saturated rings. The third kappa shape index (κ3) is 2.54. The molecule has 0 aliphatic carbocycles. The van der Waals surface area contributed by atoms with Crippen molar-refractivity contribution in [3.8, 4) is 0 Å². The van der Waals surface area contributed by atoms with E-state index in [-0.39, 0.29) is 10.8 Å². The fraction of sp³-hybridized carbons (Fsp3) is 0.294. The normalized spacial score (nSPS) is 15.8. The molecule has 126 valence electrons. The van der Waals surface area contributed by atoms with Gasteiger partial charge in [0.15, 0.2) is 0 Å². The maximum atomic E-state index is 12.8. The highest BCUT2D eigenvalue weighted by Gasteiger charge is 2.40. The predicted molar refractivity (Wildman–Crippen MR) is 92.6 cm³/mol. The van der Waals surface area contributed by atoms with Crippen LogP contribution in [0.3, 0.4) is 0 Å². The van der Waals surface area contributed by atoms with E-state index in [1.165, 1.54) is 6.20 Å². The summed E-state index contributed by atoms with van der Waals surface area (Å²) in [5.41, 5.74) is 2.55. The van der Waals surface area contributed by atoms with Crippen LogP contribution in [0.25, 0.3) is 0 Å². The number of carbonyl (C=O) groups is 1. The van der Waals surface area contributed by atoms with Gasteiger partial charge in [-0.2, -0.15) is 0 Å². The summed E-state index contributed by atoms with van der Waals surface area (Å²) in [6, 6.07) is 4.86. The van der Waals surface area contributed by atoms with Gasteiger partial charge >= 0.3 is 0 Å². The van der Waals surface area contributed by atoms with E-state index >= 15 is 0 Å². The molecule has 3 rings (SSSR count). The van der Waals surface area contributed by atoms with E-state index in [9.17, 15) is 13.2 Å². The molecule has 0 saturated heterocycles. The van der Waals surface area contributed by atoms with Crippen LogP contribution in [0.2, 0.25) is 0 Å². The average Bonchev–Trinajstić information content (AvgIpc) is 2.73. The van der Waals surface area contributed by atoms with Gasteiger partial charge in [-0.25, -0.2) is 8.42 Å². The van der Waals surface area contributed by atoms with Gasteiger partial charge in [-0.15, -0.1) is 0 Å². The fourth-order valence-corrected chi connectivity index (χ4v) is 3.96. The minimum absolute atomic E-state index is 0.131. The zero-order valence-electron chi connectivity index (χ0n) is 14.0. The lowest BCUT2D eigenvalue weighted by atomic mass is 9.85. The number of nitrogens with zero attached hydrogens (tertiary/aromatic N) is 1. The summed E-state index contributed by atoms with van der Waals surface area (Å²) in [6.45, 7) is 7.15. The average molecular weight is 345 g/mol. The number of anilines is 2. The zero-order valence-corrected chi connectivity index (χ0v) is 14.8. The number of fused-ring (bicyclic) bond motifs is 1. The fourth-order valence-electron chi connectivity index (χ4n) is 2.73. The summed E-state index contributed by atoms with van der Waals surface area (Å²) in [5.74, 6) is -0.133. The van der Waals surface area contributed by atoms with Crippen LogP contribution < -0.4 is 10.0 Å². The Balaban J connectivity index is 2.08. The Labute approximate surface area is 141 Å². The third-order valence-electron chi connectivity index (χ3n) is 4.38. The number of rotatable bonds is 3. The molecule has 6 nitrogen and oxygen atoms in total. The van der Waals surface area contributed by atoms with Crippen LogP contribution >= 0.6 is 0 Å². The van der Waals surface area contributed by atoms with E-state index in [2.05, 4.69) is 15.0 Å². The number of nitrogens with one attached hydrogen (secondary N) is 2. The molecule has 1 amide bonds. The van der Waals surface area contributed by atoms with Gasteiger partial charge in [-0.3, -0.25) is 14.5 Å². The molecule has 0 saturated carbocycles. The maximum Gasteiger partial charge on any atom is 0.261 e. The van der Waals surface area contributed by atoms with Gasteiger partial charge in [0.1, 0.15) is 0 Å². The van der Waals surface area contributed by atoms with Crippen molar-refractivity contribution in [1.82, 2.24) is 4.98 Å². The van der Waals surface area contributed by atoms with Crippen LogP contribution in [0.15, 0.2) is 35.5 Å². The van der Waals surface area contributed by atoms with E-state index in [0.717, 1.165) is 11.1 Å². The summed E-state index contributed by atoms with van der Waals surface area (Å²) in [7, 11) is -3.78. The molecular weight excluding hydrogens is 326 g/mol. The lowest BCUT2D eigenvalue weighted by Gasteiger charge is -2.17. The smallest absolute Gasteiger partial charge is 0.261 e. The van der Waals surface area contributed by atoms with Crippen molar-refractivity contribution in [2.75, 3.05) is 10.0 Å². The summed E-state index contributed by atoms with van der Waals surface area (Å²) in [5, 5.41) is 2.83. The van der Waals surface area contributed by atoms with Crippen LogP contribution in [0, 0.1) is 13.8 Å². The molecule has 24 heavy (non-hydrogen) atoms. The van der Waals surface area contributed by atoms with E-state index in [0.29, 0.717) is 16.9 Å². The number of hydrogen-bond donors (Lipinski definition) is 2. The van der Waals surface area contributed by atoms with Crippen LogP contribution in [0.1, 0.15) is 30.5 Å². The Morgan fingerprint density at radius 2 is 1.88 bits per heavy atom. The predicted octanol–water partition coefficient (Wildman–Crippen LogP) is 2.73. The molecule has 1 aliphatic rings. The molecule has 0 atom stereocenters. The van der Waals surface area contributed by atoms with Crippen molar-refractivity contribution in [2.24, 2.45) is 0 Å². The Morgan fingerprint density at radius 3 is 2.54 bits per heavy atom. The summed E-state index contributed by atoms with van der Waals surface area (Å²) in [6.07, 6.45) is 3.08. The van der Waals surface area contributed by atoms with Crippen molar-refractivity contribution < 1.29 is 13.2 Å². The Kier molecular flexibility index (Phi) is 3.64. The van der Waals surface area contributed by atoms with Gasteiger partial charge in [0.05, 0.1) is 22.2 Å². The number of sulfonamides is 1. The van der Waals surface area contributed by atoms with E-state index < -0.39 is 15.4 Å². The molecule has 2 heterocycles. The molecule has 0 radical (unpaired) electrons. The Bertz CT molecular complexity index is 950. The number of aryl methyl sites for hydroxylation is 2. The second-order valence-corrected chi connectivity index (χ2v) is 8.22. The summed E-state index contributed by atoms with van der Waals surface area (Å²) < 4.78 is 28.1. The minimum atomic E-state index is -3.78. The highest BCUT2D eigenvalue weighted by Crippen LogP contribution is 2.40. The van der Waals surface area contributed by atoms with Gasteiger partial charge < -0.3 is 5.32 Å². The number of aromatic nitrogens is 1. The lowest BCUT2D eigenvalue weighted by molar-refractivity contribution is -0.119. The standard InChI is InChI=1S/C17H19N3O3S/c1-10-5-6-18-9-14(10)20-24(22,23)12-7-11(2)15-13(8-12)17(3,4)16(21)19-15/h5-9,20H,1-4H3,(H,19,21). The maximum absolute atomic E-state index is 12.8. The third-order valence-corrected chi connectivity index (χ3v) is 5.73. The van der Waals surface area contributed by atoms with Crippen molar-refractivity contribution >= 4 is 27.3 Å². The highest BCUT2D eigenvalue weighted by atomic mass is 32.2. The molecule has 0 bridgehead atoms. The first-order valence-electron chi connectivity index (χ1n) is 7.53. The largest absolute Gasteiger partial charge is 0.325 e. The SMILES string of the molecule is Cc1ccncc1NS(=O)(=O)c1cc(C)c2c(c1)C(C)(C)C(=O)N2. The van der Waals surface area contributed by atoms with E-state index in [1.54, 1.807) is 52.1 Å². The van der Waals surface area contributed by atoms with Crippen molar-refractivity contribution in [3.63, 3.8) is 0 Å². The van der Waals surface area contributed by atoms with Crippen molar-refractivity contribution in [1.29, 1.82) is 0 Å². The Hall–Kier alpha value is -2.41. The molecule has 0 spiro atoms. The van der Waals surface area contributed by atoms with Crippen LogP contribution in [0.4, 0.5) is 11.4 Å². The molecule has 1 aromatic carbocycles. The van der Waals surface area contributed by atoms with Crippen molar-refractivity contribution in [3.05, 3.63) is 47.3 Å². The molecule has 2 N–H and O–H groups in total. The van der Waals surface area contributed by atoms with Gasteiger partial charge in [0, 0.05) is 11.9 Å². The second-order valence-electron chi connectivity index (χ2n) is 6.54. The quantitative estimate of drug-likeness (QED) is 0.895. The topological polar surface area (TPSA) is 88.2 Å². The van der Waals surface area contributed by atoms with Gasteiger partial charge in [0.25, 0.3) is 10.0 Å². The minimum Gasteiger partial charge on any atom is -0.325 e. The monoisotopic (exact) mass is 345 g/mol. The first kappa shape index (κ1) is 16.4. The van der Waals surface area contributed by atoms with Gasteiger partial charge in [0.2, 0.25) is 5.91 Å². The summed E-state index contributed by atoms with van der Waals surface area (Å²) in [4.78, 5) is 16.2. The van der Waals surface area contributed by atoms with Crippen molar-refractivity contribution in [2.45, 2.75) is 38.0 Å². The van der Waals surface area contributed by atoms with E-state index in [4.69, 9.17) is 0 Å². The first-order chi connectivity index (χ1) is 11.1. The molecular formula is C17H19N3O3S. The first-order valence-corrected chi connectivity index (χ1v) is 9.01. The molecule has 7 heteroatoms. The van der Waals surface area contributed by atoms with Gasteiger partial charge in [-0.1, -0.05) is 0 Å². The molecule has 0 unspecified atom stereocenters. The summed E-state index contributed by atoms with van der Waals surface area (Å²) >= 11 is 0. The van der Waals surface area contributed by atoms with E-state index in [1.807, 2.05) is 0 Å². The number of benzene rings is 1. The Morgan fingerprint density at radius 1 is 1.17 bits per heavy atom. The van der Waals surface area contributed by atoms with Crippen LogP contribution in [-0.2, 0) is 20.2 Å². The van der Waals surface area contributed by atoms with Crippen LogP contribution in [0.5, 0.6) is 0 Å². The zero-order chi connectivity index (χ0) is 17.7. The molecule has 1 aromatic heterocycles.